The highest BCUT2D eigenvalue weighted by molar-refractivity contribution is 5.85. The summed E-state index contributed by atoms with van der Waals surface area (Å²) in [5.74, 6) is 0. The number of fused-ring (bicyclic) bond motifs is 1. The van der Waals surface area contributed by atoms with Crippen LogP contribution >= 0.6 is 0 Å². The molecule has 0 saturated heterocycles. The Bertz CT molecular complexity index is 447. The Morgan fingerprint density at radius 3 is 2.19 bits per heavy atom. The second kappa shape index (κ2) is 5.11. The van der Waals surface area contributed by atoms with Gasteiger partial charge in [-0.25, -0.2) is 0 Å². The maximum absolute atomic E-state index is 4.28. The second-order valence-corrected chi connectivity index (χ2v) is 4.66. The van der Waals surface area contributed by atoms with Crippen LogP contribution < -0.4 is 0 Å². The van der Waals surface area contributed by atoms with Gasteiger partial charge in [0.05, 0.1) is 0 Å². The summed E-state index contributed by atoms with van der Waals surface area (Å²) in [5, 5.41) is 2.54. The van der Waals surface area contributed by atoms with Gasteiger partial charge in [0.15, 0.2) is 0 Å². The van der Waals surface area contributed by atoms with E-state index in [4.69, 9.17) is 0 Å². The summed E-state index contributed by atoms with van der Waals surface area (Å²) in [5.41, 5.74) is 1.48. The van der Waals surface area contributed by atoms with E-state index in [0.29, 0.717) is 0 Å². The van der Waals surface area contributed by atoms with Gasteiger partial charge in [-0.15, -0.1) is 0 Å². The number of rotatable bonds is 0. The van der Waals surface area contributed by atoms with Crippen molar-refractivity contribution in [1.29, 1.82) is 0 Å². The number of aromatic nitrogens is 1. The Hall–Kier alpha value is -1.37. The lowest BCUT2D eigenvalue weighted by molar-refractivity contribution is 0.593. The van der Waals surface area contributed by atoms with Crippen LogP contribution in [-0.2, 0) is 5.41 Å². The minimum Gasteiger partial charge on any atom is -0.264 e. The quantitative estimate of drug-likeness (QED) is 0.628. The van der Waals surface area contributed by atoms with Crippen molar-refractivity contribution < 1.29 is 0 Å². The van der Waals surface area contributed by atoms with Crippen molar-refractivity contribution in [2.75, 3.05) is 0 Å². The molecule has 1 heteroatoms. The predicted octanol–water partition coefficient (Wildman–Crippen LogP) is 4.56. The second-order valence-electron chi connectivity index (χ2n) is 4.66. The molecule has 2 rings (SSSR count). The summed E-state index contributed by atoms with van der Waals surface area (Å²) in [6.07, 6.45) is 3.90. The zero-order valence-electron chi connectivity index (χ0n) is 10.9. The van der Waals surface area contributed by atoms with Gasteiger partial charge < -0.3 is 0 Å². The SMILES string of the molecule is CC.CC(C)(C)c1cncc2ccccc12. The molecule has 0 fully saturated rings. The topological polar surface area (TPSA) is 12.9 Å². The lowest BCUT2D eigenvalue weighted by Crippen LogP contribution is -2.11. The molecule has 1 aromatic carbocycles. The third kappa shape index (κ3) is 2.60. The van der Waals surface area contributed by atoms with Gasteiger partial charge in [0.2, 0.25) is 0 Å². The molecule has 0 amide bonds. The average molecular weight is 215 g/mol. The molecule has 0 aliphatic carbocycles. The molecule has 0 aliphatic rings. The van der Waals surface area contributed by atoms with Gasteiger partial charge in [0.25, 0.3) is 0 Å². The van der Waals surface area contributed by atoms with Crippen LogP contribution in [0.1, 0.15) is 40.2 Å². The zero-order chi connectivity index (χ0) is 12.2. The molecule has 16 heavy (non-hydrogen) atoms. The van der Waals surface area contributed by atoms with Crippen LogP contribution in [0, 0.1) is 0 Å². The van der Waals surface area contributed by atoms with Crippen molar-refractivity contribution in [2.24, 2.45) is 0 Å². The van der Waals surface area contributed by atoms with E-state index >= 15 is 0 Å². The van der Waals surface area contributed by atoms with Crippen LogP contribution in [0.2, 0.25) is 0 Å². The summed E-state index contributed by atoms with van der Waals surface area (Å²) in [6, 6.07) is 8.41. The van der Waals surface area contributed by atoms with Gasteiger partial charge in [0.1, 0.15) is 0 Å². The lowest BCUT2D eigenvalue weighted by atomic mass is 9.85. The van der Waals surface area contributed by atoms with Crippen LogP contribution in [0.5, 0.6) is 0 Å². The van der Waals surface area contributed by atoms with E-state index in [1.54, 1.807) is 0 Å². The van der Waals surface area contributed by atoms with Crippen molar-refractivity contribution in [3.8, 4) is 0 Å². The maximum atomic E-state index is 4.28. The summed E-state index contributed by atoms with van der Waals surface area (Å²) < 4.78 is 0. The highest BCUT2D eigenvalue weighted by atomic mass is 14.6. The summed E-state index contributed by atoms with van der Waals surface area (Å²) in [6.45, 7) is 10.7. The van der Waals surface area contributed by atoms with E-state index in [0.717, 1.165) is 0 Å². The van der Waals surface area contributed by atoms with Gasteiger partial charge in [-0.3, -0.25) is 4.98 Å². The molecule has 1 aromatic heterocycles. The maximum Gasteiger partial charge on any atom is 0.0346 e. The van der Waals surface area contributed by atoms with Gasteiger partial charge in [-0.05, 0) is 16.4 Å². The van der Waals surface area contributed by atoms with Crippen LogP contribution in [0.4, 0.5) is 0 Å². The van der Waals surface area contributed by atoms with Crippen LogP contribution in [-0.4, -0.2) is 4.98 Å². The molecule has 1 nitrogen and oxygen atoms in total. The van der Waals surface area contributed by atoms with Crippen molar-refractivity contribution >= 4 is 10.8 Å². The molecule has 0 radical (unpaired) electrons. The lowest BCUT2D eigenvalue weighted by Gasteiger charge is -2.20. The fourth-order valence-corrected chi connectivity index (χ4v) is 1.71. The molecule has 0 N–H and O–H groups in total. The molecule has 86 valence electrons. The van der Waals surface area contributed by atoms with Gasteiger partial charge in [0, 0.05) is 17.8 Å². The Labute approximate surface area is 98.5 Å². The van der Waals surface area contributed by atoms with Crippen LogP contribution in [0.25, 0.3) is 10.8 Å². The van der Waals surface area contributed by atoms with Crippen molar-refractivity contribution in [1.82, 2.24) is 4.98 Å². The fraction of sp³-hybridized carbons (Fsp3) is 0.400. The first-order valence-electron chi connectivity index (χ1n) is 5.92. The van der Waals surface area contributed by atoms with E-state index in [-0.39, 0.29) is 5.41 Å². The zero-order valence-corrected chi connectivity index (χ0v) is 10.9. The molecule has 0 bridgehead atoms. The molecule has 0 spiro atoms. The number of nitrogens with zero attached hydrogens (tertiary/aromatic N) is 1. The summed E-state index contributed by atoms with van der Waals surface area (Å²) in [4.78, 5) is 4.28. The molecular weight excluding hydrogens is 194 g/mol. The van der Waals surface area contributed by atoms with E-state index < -0.39 is 0 Å². The predicted molar refractivity (Wildman–Crippen MR) is 71.8 cm³/mol. The van der Waals surface area contributed by atoms with E-state index in [1.165, 1.54) is 16.3 Å². The number of hydrogen-bond donors (Lipinski definition) is 0. The normalized spacial score (nSPS) is 10.8. The first-order chi connectivity index (χ1) is 7.59. The van der Waals surface area contributed by atoms with Gasteiger partial charge in [-0.2, -0.15) is 0 Å². The van der Waals surface area contributed by atoms with Crippen LogP contribution in [0.15, 0.2) is 36.7 Å². The molecular formula is C15H21N. The first kappa shape index (κ1) is 12.7. The van der Waals surface area contributed by atoms with Crippen molar-refractivity contribution in [3.63, 3.8) is 0 Å². The average Bonchev–Trinajstić information content (AvgIpc) is 2.30. The smallest absolute Gasteiger partial charge is 0.0346 e. The van der Waals surface area contributed by atoms with Gasteiger partial charge in [-0.1, -0.05) is 58.9 Å². The highest BCUT2D eigenvalue weighted by Crippen LogP contribution is 2.28. The molecule has 0 aliphatic heterocycles. The summed E-state index contributed by atoms with van der Waals surface area (Å²) >= 11 is 0. The molecule has 2 aromatic rings. The fourth-order valence-electron chi connectivity index (χ4n) is 1.71. The first-order valence-corrected chi connectivity index (χ1v) is 5.92. The van der Waals surface area contributed by atoms with E-state index in [1.807, 2.05) is 26.2 Å². The van der Waals surface area contributed by atoms with Gasteiger partial charge >= 0.3 is 0 Å². The van der Waals surface area contributed by atoms with E-state index in [9.17, 15) is 0 Å². The van der Waals surface area contributed by atoms with Crippen molar-refractivity contribution in [2.45, 2.75) is 40.0 Å². The Kier molecular flexibility index (Phi) is 4.05. The monoisotopic (exact) mass is 215 g/mol. The van der Waals surface area contributed by atoms with E-state index in [2.05, 4.69) is 50.0 Å². The van der Waals surface area contributed by atoms with Crippen LogP contribution in [0.3, 0.4) is 0 Å². The highest BCUT2D eigenvalue weighted by Gasteiger charge is 2.16. The third-order valence-electron chi connectivity index (χ3n) is 2.48. The third-order valence-corrected chi connectivity index (χ3v) is 2.48. The minimum atomic E-state index is 0.161. The number of benzene rings is 1. The molecule has 0 saturated carbocycles. The Morgan fingerprint density at radius 1 is 0.938 bits per heavy atom. The molecule has 0 unspecified atom stereocenters. The Balaban J connectivity index is 0.000000606. The largest absolute Gasteiger partial charge is 0.264 e. The minimum absolute atomic E-state index is 0.161. The number of pyridine rings is 1. The van der Waals surface area contributed by atoms with Crippen molar-refractivity contribution in [3.05, 3.63) is 42.2 Å². The summed E-state index contributed by atoms with van der Waals surface area (Å²) in [7, 11) is 0. The standard InChI is InChI=1S/C13H15N.C2H6/c1-13(2,3)12-9-14-8-10-6-4-5-7-11(10)12;1-2/h4-9H,1-3H3;1-2H3. The molecule has 0 atom stereocenters. The Morgan fingerprint density at radius 2 is 1.56 bits per heavy atom. The molecule has 1 heterocycles. The number of hydrogen-bond acceptors (Lipinski definition) is 1.